The van der Waals surface area contributed by atoms with Crippen LogP contribution in [-0.4, -0.2) is 28.3 Å². The number of carbonyl (C=O) groups excluding carboxylic acids is 1. The molecule has 6 nitrogen and oxygen atoms in total. The number of amides is 1. The fourth-order valence-electron chi connectivity index (χ4n) is 1.88. The quantitative estimate of drug-likeness (QED) is 0.774. The number of nitrogens with one attached hydrogen (secondary N) is 2. The van der Waals surface area contributed by atoms with Crippen LogP contribution in [0.1, 0.15) is 12.8 Å². The summed E-state index contributed by atoms with van der Waals surface area (Å²) in [5.74, 6) is 2.37. The van der Waals surface area contributed by atoms with E-state index < -0.39 is 0 Å². The topological polar surface area (TPSA) is 76.0 Å². The lowest BCUT2D eigenvalue weighted by atomic mass is 10.2. The number of terminal acetylenes is 1. The van der Waals surface area contributed by atoms with Gasteiger partial charge in [-0.05, 0) is 6.42 Å². The van der Waals surface area contributed by atoms with Crippen molar-refractivity contribution in [2.45, 2.75) is 25.4 Å². The molecule has 1 amide bonds. The van der Waals surface area contributed by atoms with Gasteiger partial charge in [-0.3, -0.25) is 9.59 Å². The van der Waals surface area contributed by atoms with Crippen LogP contribution in [0.15, 0.2) is 11.0 Å². The summed E-state index contributed by atoms with van der Waals surface area (Å²) >= 11 is 5.94. The highest BCUT2D eigenvalue weighted by molar-refractivity contribution is 6.33. The third kappa shape index (κ3) is 3.06. The molecule has 1 unspecified atom stereocenters. The van der Waals surface area contributed by atoms with E-state index in [-0.39, 0.29) is 34.8 Å². The number of rotatable bonds is 4. The molecule has 2 rings (SSSR count). The lowest BCUT2D eigenvalue weighted by molar-refractivity contribution is -0.119. The monoisotopic (exact) mass is 280 g/mol. The minimum atomic E-state index is -0.366. The molecule has 1 aromatic heterocycles. The van der Waals surface area contributed by atoms with Crippen LogP contribution in [0.5, 0.6) is 0 Å². The Kier molecular flexibility index (Phi) is 4.07. The largest absolute Gasteiger partial charge is 0.377 e. The van der Waals surface area contributed by atoms with Crippen molar-refractivity contribution in [1.29, 1.82) is 0 Å². The fraction of sp³-hybridized carbons (Fsp3) is 0.417. The van der Waals surface area contributed by atoms with E-state index in [1.807, 2.05) is 0 Å². The number of aromatic nitrogens is 2. The number of carbonyl (C=O) groups is 1. The first-order valence-electron chi connectivity index (χ1n) is 5.84. The van der Waals surface area contributed by atoms with Crippen LogP contribution in [0, 0.1) is 12.3 Å². The first kappa shape index (κ1) is 13.4. The summed E-state index contributed by atoms with van der Waals surface area (Å²) in [4.78, 5) is 23.1. The summed E-state index contributed by atoms with van der Waals surface area (Å²) in [6.45, 7) is 0.533. The minimum absolute atomic E-state index is 0.0113. The molecular weight excluding hydrogens is 268 g/mol. The smallest absolute Gasteiger partial charge is 0.292 e. The second-order valence-corrected chi connectivity index (χ2v) is 4.63. The van der Waals surface area contributed by atoms with Crippen molar-refractivity contribution in [1.82, 2.24) is 15.1 Å². The third-order valence-corrected chi connectivity index (χ3v) is 3.14. The molecule has 0 aromatic carbocycles. The molecule has 1 saturated heterocycles. The molecule has 0 saturated carbocycles. The van der Waals surface area contributed by atoms with Gasteiger partial charge in [-0.25, -0.2) is 4.68 Å². The second-order valence-electron chi connectivity index (χ2n) is 4.22. The Balaban J connectivity index is 2.11. The maximum atomic E-state index is 12.0. The van der Waals surface area contributed by atoms with E-state index in [0.717, 1.165) is 11.1 Å². The molecule has 100 valence electrons. The number of anilines is 1. The normalized spacial score (nSPS) is 17.9. The number of hydrogen-bond donors (Lipinski definition) is 2. The molecule has 0 aliphatic carbocycles. The van der Waals surface area contributed by atoms with Crippen molar-refractivity contribution in [3.8, 4) is 12.3 Å². The fourth-order valence-corrected chi connectivity index (χ4v) is 2.07. The summed E-state index contributed by atoms with van der Waals surface area (Å²) in [5.41, 5.74) is -0.108. The van der Waals surface area contributed by atoms with Crippen LogP contribution in [0.4, 0.5) is 5.69 Å². The Bertz CT molecular complexity index is 590. The SMILES string of the molecule is C#CCn1ncc(Cl)c(NCC2CCC(=O)N2)c1=O. The summed E-state index contributed by atoms with van der Waals surface area (Å²) in [6.07, 6.45) is 7.78. The Morgan fingerprint density at radius 2 is 2.42 bits per heavy atom. The van der Waals surface area contributed by atoms with E-state index >= 15 is 0 Å². The summed E-state index contributed by atoms with van der Waals surface area (Å²) < 4.78 is 1.15. The highest BCUT2D eigenvalue weighted by Gasteiger charge is 2.21. The van der Waals surface area contributed by atoms with Crippen molar-refractivity contribution in [3.63, 3.8) is 0 Å². The second kappa shape index (κ2) is 5.76. The molecule has 1 aromatic rings. The number of halogens is 1. The van der Waals surface area contributed by atoms with Gasteiger partial charge in [-0.15, -0.1) is 6.42 Å². The summed E-state index contributed by atoms with van der Waals surface area (Å²) in [5, 5.41) is 9.83. The number of nitrogens with zero attached hydrogens (tertiary/aromatic N) is 2. The Labute approximate surface area is 115 Å². The minimum Gasteiger partial charge on any atom is -0.377 e. The predicted molar refractivity (Wildman–Crippen MR) is 72.0 cm³/mol. The van der Waals surface area contributed by atoms with Crippen molar-refractivity contribution < 1.29 is 4.79 Å². The molecule has 1 aliphatic rings. The molecule has 1 fully saturated rings. The molecule has 0 radical (unpaired) electrons. The lowest BCUT2D eigenvalue weighted by Gasteiger charge is -2.13. The standard InChI is InChI=1S/C12H13ClN4O2/c1-2-5-17-12(19)11(9(13)7-15-17)14-6-8-3-4-10(18)16-8/h1,7-8,14H,3-6H2,(H,16,18). The van der Waals surface area contributed by atoms with Gasteiger partial charge >= 0.3 is 0 Å². The van der Waals surface area contributed by atoms with Gasteiger partial charge in [0.25, 0.3) is 5.56 Å². The molecule has 0 bridgehead atoms. The van der Waals surface area contributed by atoms with Crippen LogP contribution in [0.2, 0.25) is 5.02 Å². The van der Waals surface area contributed by atoms with Crippen molar-refractivity contribution in [3.05, 3.63) is 21.6 Å². The highest BCUT2D eigenvalue weighted by Crippen LogP contribution is 2.16. The van der Waals surface area contributed by atoms with E-state index in [1.165, 1.54) is 6.20 Å². The predicted octanol–water partition coefficient (Wildman–Crippen LogP) is 0.220. The zero-order valence-electron chi connectivity index (χ0n) is 10.1. The zero-order valence-corrected chi connectivity index (χ0v) is 10.9. The molecular formula is C12H13ClN4O2. The molecule has 0 spiro atoms. The van der Waals surface area contributed by atoms with Gasteiger partial charge in [0.1, 0.15) is 12.2 Å². The molecule has 2 heterocycles. The van der Waals surface area contributed by atoms with Gasteiger partial charge in [0.2, 0.25) is 5.91 Å². The maximum absolute atomic E-state index is 12.0. The molecule has 1 aliphatic heterocycles. The molecule has 2 N–H and O–H groups in total. The zero-order chi connectivity index (χ0) is 13.8. The van der Waals surface area contributed by atoms with Gasteiger partial charge in [0.15, 0.2) is 0 Å². The summed E-state index contributed by atoms with van der Waals surface area (Å²) in [6, 6.07) is 0.0113. The first-order chi connectivity index (χ1) is 9.11. The first-order valence-corrected chi connectivity index (χ1v) is 6.22. The maximum Gasteiger partial charge on any atom is 0.292 e. The van der Waals surface area contributed by atoms with E-state index in [2.05, 4.69) is 21.7 Å². The Morgan fingerprint density at radius 1 is 1.63 bits per heavy atom. The molecule has 7 heteroatoms. The summed E-state index contributed by atoms with van der Waals surface area (Å²) in [7, 11) is 0. The van der Waals surface area contributed by atoms with E-state index in [1.54, 1.807) is 0 Å². The van der Waals surface area contributed by atoms with Gasteiger partial charge < -0.3 is 10.6 Å². The molecule has 1 atom stereocenters. The number of hydrogen-bond acceptors (Lipinski definition) is 4. The van der Waals surface area contributed by atoms with Crippen molar-refractivity contribution in [2.75, 3.05) is 11.9 Å². The van der Waals surface area contributed by atoms with E-state index in [0.29, 0.717) is 13.0 Å². The van der Waals surface area contributed by atoms with Gasteiger partial charge in [-0.1, -0.05) is 17.5 Å². The Morgan fingerprint density at radius 3 is 3.05 bits per heavy atom. The van der Waals surface area contributed by atoms with E-state index in [4.69, 9.17) is 18.0 Å². The third-order valence-electron chi connectivity index (χ3n) is 2.85. The average molecular weight is 281 g/mol. The lowest BCUT2D eigenvalue weighted by Crippen LogP contribution is -2.34. The molecule has 19 heavy (non-hydrogen) atoms. The average Bonchev–Trinajstić information content (AvgIpc) is 2.79. The van der Waals surface area contributed by atoms with Crippen LogP contribution < -0.4 is 16.2 Å². The van der Waals surface area contributed by atoms with E-state index in [9.17, 15) is 9.59 Å². The van der Waals surface area contributed by atoms with Crippen LogP contribution >= 0.6 is 11.6 Å². The van der Waals surface area contributed by atoms with Gasteiger partial charge in [0.05, 0.1) is 11.2 Å². The van der Waals surface area contributed by atoms with Crippen LogP contribution in [0.3, 0.4) is 0 Å². The van der Waals surface area contributed by atoms with Crippen molar-refractivity contribution >= 4 is 23.2 Å². The van der Waals surface area contributed by atoms with Gasteiger partial charge in [-0.2, -0.15) is 5.10 Å². The van der Waals surface area contributed by atoms with Crippen LogP contribution in [0.25, 0.3) is 0 Å². The Hall–Kier alpha value is -2.00. The van der Waals surface area contributed by atoms with Crippen molar-refractivity contribution in [2.24, 2.45) is 0 Å². The van der Waals surface area contributed by atoms with Gasteiger partial charge in [0, 0.05) is 19.0 Å². The highest BCUT2D eigenvalue weighted by atomic mass is 35.5. The van der Waals surface area contributed by atoms with Crippen LogP contribution in [-0.2, 0) is 11.3 Å².